The van der Waals surface area contributed by atoms with Crippen LogP contribution in [0.1, 0.15) is 19.8 Å². The van der Waals surface area contributed by atoms with Crippen molar-refractivity contribution in [2.24, 2.45) is 5.92 Å². The predicted octanol–water partition coefficient (Wildman–Crippen LogP) is 3.19. The van der Waals surface area contributed by atoms with Crippen molar-refractivity contribution >= 4 is 40.7 Å². The third-order valence-electron chi connectivity index (χ3n) is 3.46. The molecular formula is C14H16Cl2N2O2. The number of piperidine rings is 1. The maximum Gasteiger partial charge on any atom is 0.313 e. The zero-order chi connectivity index (χ0) is 14.7. The molecule has 0 atom stereocenters. The molecule has 2 rings (SSSR count). The second kappa shape index (κ2) is 6.46. The summed E-state index contributed by atoms with van der Waals surface area (Å²) in [7, 11) is 0. The van der Waals surface area contributed by atoms with Gasteiger partial charge < -0.3 is 10.2 Å². The minimum Gasteiger partial charge on any atom is -0.334 e. The SMILES string of the molecule is CC1CCN(C(=O)C(=O)Nc2cccc(Cl)c2Cl)CC1. The number of amides is 2. The topological polar surface area (TPSA) is 49.4 Å². The number of carbonyl (C=O) groups excluding carboxylic acids is 2. The number of nitrogens with one attached hydrogen (secondary N) is 1. The number of carbonyl (C=O) groups is 2. The van der Waals surface area contributed by atoms with Crippen LogP contribution in [0, 0.1) is 5.92 Å². The Morgan fingerprint density at radius 1 is 1.25 bits per heavy atom. The van der Waals surface area contributed by atoms with E-state index in [1.165, 1.54) is 0 Å². The Kier molecular flexibility index (Phi) is 4.89. The number of nitrogens with zero attached hydrogens (tertiary/aromatic N) is 1. The molecule has 2 amide bonds. The van der Waals surface area contributed by atoms with Gasteiger partial charge in [0.15, 0.2) is 0 Å². The summed E-state index contributed by atoms with van der Waals surface area (Å²) in [6.45, 7) is 3.39. The number of likely N-dealkylation sites (tertiary alicyclic amines) is 1. The molecule has 108 valence electrons. The first-order chi connectivity index (χ1) is 9.49. The van der Waals surface area contributed by atoms with E-state index in [0.29, 0.717) is 29.7 Å². The highest BCUT2D eigenvalue weighted by molar-refractivity contribution is 6.45. The highest BCUT2D eigenvalue weighted by Crippen LogP contribution is 2.29. The van der Waals surface area contributed by atoms with Gasteiger partial charge in [-0.3, -0.25) is 9.59 Å². The van der Waals surface area contributed by atoms with E-state index in [1.54, 1.807) is 23.1 Å². The second-order valence-corrected chi connectivity index (χ2v) is 5.82. The molecule has 0 aromatic heterocycles. The minimum atomic E-state index is -0.677. The van der Waals surface area contributed by atoms with Gasteiger partial charge in [-0.25, -0.2) is 0 Å². The number of hydrogen-bond donors (Lipinski definition) is 1. The summed E-state index contributed by atoms with van der Waals surface area (Å²) in [4.78, 5) is 25.6. The van der Waals surface area contributed by atoms with E-state index in [9.17, 15) is 9.59 Å². The molecule has 0 aliphatic carbocycles. The van der Waals surface area contributed by atoms with Crippen LogP contribution in [0.25, 0.3) is 0 Å². The lowest BCUT2D eigenvalue weighted by atomic mass is 9.99. The molecule has 1 saturated heterocycles. The molecule has 1 aliphatic heterocycles. The Bertz CT molecular complexity index is 526. The molecule has 6 heteroatoms. The van der Waals surface area contributed by atoms with E-state index in [2.05, 4.69) is 12.2 Å². The van der Waals surface area contributed by atoms with E-state index >= 15 is 0 Å². The van der Waals surface area contributed by atoms with Gasteiger partial charge in [0.25, 0.3) is 0 Å². The van der Waals surface area contributed by atoms with Crippen molar-refractivity contribution in [3.63, 3.8) is 0 Å². The predicted molar refractivity (Wildman–Crippen MR) is 80.1 cm³/mol. The van der Waals surface area contributed by atoms with Crippen LogP contribution in [0.3, 0.4) is 0 Å². The van der Waals surface area contributed by atoms with E-state index < -0.39 is 11.8 Å². The van der Waals surface area contributed by atoms with Crippen LogP contribution in [0.2, 0.25) is 10.0 Å². The molecule has 1 aliphatic rings. The summed E-state index contributed by atoms with van der Waals surface area (Å²) in [5.41, 5.74) is 0.350. The molecule has 0 unspecified atom stereocenters. The van der Waals surface area contributed by atoms with Crippen molar-refractivity contribution in [1.82, 2.24) is 4.90 Å². The average Bonchev–Trinajstić information content (AvgIpc) is 2.44. The average molecular weight is 315 g/mol. The first kappa shape index (κ1) is 15.1. The highest BCUT2D eigenvalue weighted by Gasteiger charge is 2.26. The zero-order valence-corrected chi connectivity index (χ0v) is 12.7. The molecule has 0 bridgehead atoms. The van der Waals surface area contributed by atoms with Crippen LogP contribution >= 0.6 is 23.2 Å². The Morgan fingerprint density at radius 3 is 2.55 bits per heavy atom. The fraction of sp³-hybridized carbons (Fsp3) is 0.429. The van der Waals surface area contributed by atoms with E-state index in [1.807, 2.05) is 0 Å². The van der Waals surface area contributed by atoms with Crippen molar-refractivity contribution in [3.05, 3.63) is 28.2 Å². The lowest BCUT2D eigenvalue weighted by Gasteiger charge is -2.29. The third-order valence-corrected chi connectivity index (χ3v) is 4.28. The maximum absolute atomic E-state index is 12.0. The molecule has 1 aromatic carbocycles. The van der Waals surface area contributed by atoms with Gasteiger partial charge in [0.2, 0.25) is 0 Å². The van der Waals surface area contributed by atoms with Gasteiger partial charge in [0.1, 0.15) is 0 Å². The summed E-state index contributed by atoms with van der Waals surface area (Å²) in [6.07, 6.45) is 1.86. The van der Waals surface area contributed by atoms with Crippen molar-refractivity contribution < 1.29 is 9.59 Å². The highest BCUT2D eigenvalue weighted by atomic mass is 35.5. The molecule has 0 spiro atoms. The van der Waals surface area contributed by atoms with Crippen LogP contribution in [0.4, 0.5) is 5.69 Å². The number of benzene rings is 1. The number of halogens is 2. The van der Waals surface area contributed by atoms with E-state index in [-0.39, 0.29) is 5.02 Å². The third kappa shape index (κ3) is 3.44. The lowest BCUT2D eigenvalue weighted by molar-refractivity contribution is -0.144. The Labute approximate surface area is 128 Å². The van der Waals surface area contributed by atoms with Gasteiger partial charge in [-0.1, -0.05) is 36.2 Å². The normalized spacial score (nSPS) is 16.1. The summed E-state index contributed by atoms with van der Waals surface area (Å²) in [5.74, 6) is -0.596. The molecule has 1 heterocycles. The van der Waals surface area contributed by atoms with Gasteiger partial charge in [0.05, 0.1) is 15.7 Å². The minimum absolute atomic E-state index is 0.239. The summed E-state index contributed by atoms with van der Waals surface area (Å²) < 4.78 is 0. The molecule has 0 saturated carbocycles. The number of anilines is 1. The Balaban J connectivity index is 2.01. The van der Waals surface area contributed by atoms with E-state index in [4.69, 9.17) is 23.2 Å². The fourth-order valence-electron chi connectivity index (χ4n) is 2.13. The Morgan fingerprint density at radius 2 is 1.90 bits per heavy atom. The summed E-state index contributed by atoms with van der Waals surface area (Å²) in [5, 5.41) is 3.09. The largest absolute Gasteiger partial charge is 0.334 e. The summed E-state index contributed by atoms with van der Waals surface area (Å²) >= 11 is 11.8. The Hall–Kier alpha value is -1.26. The quantitative estimate of drug-likeness (QED) is 0.809. The first-order valence-electron chi connectivity index (χ1n) is 6.53. The molecule has 0 radical (unpaired) electrons. The van der Waals surface area contributed by atoms with Crippen molar-refractivity contribution in [2.75, 3.05) is 18.4 Å². The monoisotopic (exact) mass is 314 g/mol. The van der Waals surface area contributed by atoms with Gasteiger partial charge in [-0.2, -0.15) is 0 Å². The van der Waals surface area contributed by atoms with Crippen LogP contribution < -0.4 is 5.32 Å². The van der Waals surface area contributed by atoms with E-state index in [0.717, 1.165) is 12.8 Å². The van der Waals surface area contributed by atoms with Crippen LogP contribution in [-0.4, -0.2) is 29.8 Å². The molecule has 1 aromatic rings. The standard InChI is InChI=1S/C14H16Cl2N2O2/c1-9-5-7-18(8-6-9)14(20)13(19)17-11-4-2-3-10(15)12(11)16/h2-4,9H,5-8H2,1H3,(H,17,19). The summed E-state index contributed by atoms with van der Waals surface area (Å²) in [6, 6.07) is 4.89. The smallest absolute Gasteiger partial charge is 0.313 e. The number of hydrogen-bond acceptors (Lipinski definition) is 2. The van der Waals surface area contributed by atoms with Crippen LogP contribution in [-0.2, 0) is 9.59 Å². The van der Waals surface area contributed by atoms with Crippen LogP contribution in [0.15, 0.2) is 18.2 Å². The zero-order valence-electron chi connectivity index (χ0n) is 11.2. The first-order valence-corrected chi connectivity index (χ1v) is 7.29. The van der Waals surface area contributed by atoms with Crippen molar-refractivity contribution in [1.29, 1.82) is 0 Å². The molecule has 1 N–H and O–H groups in total. The lowest BCUT2D eigenvalue weighted by Crippen LogP contribution is -2.43. The van der Waals surface area contributed by atoms with Gasteiger partial charge >= 0.3 is 11.8 Å². The molecule has 20 heavy (non-hydrogen) atoms. The number of rotatable bonds is 1. The van der Waals surface area contributed by atoms with Crippen molar-refractivity contribution in [3.8, 4) is 0 Å². The van der Waals surface area contributed by atoms with Crippen molar-refractivity contribution in [2.45, 2.75) is 19.8 Å². The second-order valence-electron chi connectivity index (χ2n) is 5.03. The fourth-order valence-corrected chi connectivity index (χ4v) is 2.48. The van der Waals surface area contributed by atoms with Gasteiger partial charge in [-0.15, -0.1) is 0 Å². The molecule has 4 nitrogen and oxygen atoms in total. The maximum atomic E-state index is 12.0. The van der Waals surface area contributed by atoms with Crippen LogP contribution in [0.5, 0.6) is 0 Å². The molecular weight excluding hydrogens is 299 g/mol. The molecule has 1 fully saturated rings. The van der Waals surface area contributed by atoms with Gasteiger partial charge in [-0.05, 0) is 30.9 Å². The van der Waals surface area contributed by atoms with Gasteiger partial charge in [0, 0.05) is 13.1 Å².